The average molecular weight is 415 g/mol. The minimum absolute atomic E-state index is 0.0359. The molecule has 31 heavy (non-hydrogen) atoms. The zero-order chi connectivity index (χ0) is 21.4. The molecule has 1 amide bonds. The first-order valence-electron chi connectivity index (χ1n) is 10.0. The summed E-state index contributed by atoms with van der Waals surface area (Å²) in [6, 6.07) is 14.3. The second kappa shape index (κ2) is 7.82. The van der Waals surface area contributed by atoms with Gasteiger partial charge in [-0.1, -0.05) is 30.3 Å². The lowest BCUT2D eigenvalue weighted by Crippen LogP contribution is -2.31. The predicted molar refractivity (Wildman–Crippen MR) is 116 cm³/mol. The largest absolute Gasteiger partial charge is 0.392 e. The van der Waals surface area contributed by atoms with Gasteiger partial charge in [0.2, 0.25) is 5.95 Å². The summed E-state index contributed by atoms with van der Waals surface area (Å²) in [6.45, 7) is 1.46. The van der Waals surface area contributed by atoms with Gasteiger partial charge in [-0.25, -0.2) is 15.4 Å². The van der Waals surface area contributed by atoms with Crippen LogP contribution >= 0.6 is 0 Å². The summed E-state index contributed by atoms with van der Waals surface area (Å²) in [4.78, 5) is 25.7. The molecule has 0 aliphatic carbocycles. The van der Waals surface area contributed by atoms with Crippen LogP contribution < -0.4 is 10.4 Å². The van der Waals surface area contributed by atoms with Gasteiger partial charge in [-0.05, 0) is 28.8 Å². The first kappa shape index (κ1) is 19.2. The Morgan fingerprint density at radius 3 is 2.55 bits per heavy atom. The number of benzene rings is 2. The zero-order valence-electron chi connectivity index (χ0n) is 16.7. The van der Waals surface area contributed by atoms with E-state index in [1.807, 2.05) is 24.3 Å². The molecule has 0 saturated heterocycles. The Kier molecular flexibility index (Phi) is 4.85. The summed E-state index contributed by atoms with van der Waals surface area (Å²) in [7, 11) is 0. The van der Waals surface area contributed by atoms with Crippen LogP contribution in [0.15, 0.2) is 54.9 Å². The molecule has 0 radical (unpaired) electrons. The van der Waals surface area contributed by atoms with Gasteiger partial charge in [-0.3, -0.25) is 10.0 Å². The summed E-state index contributed by atoms with van der Waals surface area (Å²) < 4.78 is 0. The third kappa shape index (κ3) is 3.52. The molecule has 4 N–H and O–H groups in total. The Bertz CT molecular complexity index is 1250. The molecule has 0 saturated carbocycles. The van der Waals surface area contributed by atoms with E-state index in [9.17, 15) is 9.90 Å². The highest BCUT2D eigenvalue weighted by Gasteiger charge is 2.23. The number of nitrogens with zero attached hydrogens (tertiary/aromatic N) is 3. The first-order chi connectivity index (χ1) is 15.2. The van der Waals surface area contributed by atoms with Gasteiger partial charge in [0.25, 0.3) is 5.91 Å². The first-order valence-corrected chi connectivity index (χ1v) is 10.0. The highest BCUT2D eigenvalue weighted by molar-refractivity contribution is 5.92. The van der Waals surface area contributed by atoms with E-state index in [1.165, 1.54) is 29.0 Å². The van der Waals surface area contributed by atoms with Gasteiger partial charge >= 0.3 is 0 Å². The number of nitrogens with one attached hydrogen (secondary N) is 2. The molecule has 0 spiro atoms. The van der Waals surface area contributed by atoms with Gasteiger partial charge in [0, 0.05) is 54.1 Å². The van der Waals surface area contributed by atoms with Gasteiger partial charge < -0.3 is 15.0 Å². The lowest BCUT2D eigenvalue weighted by molar-refractivity contribution is 0.0705. The van der Waals surface area contributed by atoms with Crippen LogP contribution in [0.2, 0.25) is 0 Å². The van der Waals surface area contributed by atoms with E-state index in [2.05, 4.69) is 38.1 Å². The average Bonchev–Trinajstić information content (AvgIpc) is 3.21. The predicted octanol–water partition coefficient (Wildman–Crippen LogP) is 2.80. The number of aliphatic hydroxyl groups is 1. The molecule has 1 aliphatic heterocycles. The molecule has 5 rings (SSSR count). The molecule has 3 heterocycles. The van der Waals surface area contributed by atoms with E-state index in [4.69, 9.17) is 5.21 Å². The number of rotatable bonds is 4. The van der Waals surface area contributed by atoms with E-state index in [0.717, 1.165) is 35.2 Å². The van der Waals surface area contributed by atoms with Crippen molar-refractivity contribution in [3.8, 4) is 11.1 Å². The summed E-state index contributed by atoms with van der Waals surface area (Å²) >= 11 is 0. The molecule has 8 nitrogen and oxygen atoms in total. The Morgan fingerprint density at radius 1 is 1.10 bits per heavy atom. The normalized spacial score (nSPS) is 13.3. The minimum Gasteiger partial charge on any atom is -0.392 e. The quantitative estimate of drug-likeness (QED) is 0.301. The second-order valence-electron chi connectivity index (χ2n) is 7.58. The molecule has 0 fully saturated rings. The van der Waals surface area contributed by atoms with Crippen LogP contribution in [0.3, 0.4) is 0 Å². The molecule has 0 atom stereocenters. The van der Waals surface area contributed by atoms with Gasteiger partial charge in [-0.2, -0.15) is 0 Å². The van der Waals surface area contributed by atoms with Crippen LogP contribution in [-0.2, 0) is 19.6 Å². The molecule has 2 aromatic carbocycles. The van der Waals surface area contributed by atoms with E-state index < -0.39 is 5.91 Å². The lowest BCUT2D eigenvalue weighted by Gasteiger charge is -2.27. The molecule has 0 unspecified atom stereocenters. The van der Waals surface area contributed by atoms with Gasteiger partial charge in [-0.15, -0.1) is 0 Å². The maximum absolute atomic E-state index is 11.5. The number of hydrogen-bond acceptors (Lipinski definition) is 6. The van der Waals surface area contributed by atoms with E-state index in [1.54, 1.807) is 5.48 Å². The lowest BCUT2D eigenvalue weighted by atomic mass is 9.99. The summed E-state index contributed by atoms with van der Waals surface area (Å²) in [5.41, 5.74) is 8.43. The van der Waals surface area contributed by atoms with Crippen molar-refractivity contribution >= 4 is 22.8 Å². The Labute approximate surface area is 178 Å². The highest BCUT2D eigenvalue weighted by atomic mass is 16.5. The number of hydroxylamine groups is 1. The number of anilines is 1. The van der Waals surface area contributed by atoms with Crippen LogP contribution in [-0.4, -0.2) is 37.7 Å². The fourth-order valence-corrected chi connectivity index (χ4v) is 4.03. The Hall–Kier alpha value is -3.75. The number of fused-ring (bicyclic) bond motifs is 3. The monoisotopic (exact) mass is 415 g/mol. The number of aliphatic hydroxyl groups excluding tert-OH is 1. The maximum atomic E-state index is 11.5. The SMILES string of the molecule is O=C(NO)c1cnc(N2CCc3[nH]c4ccc(-c5ccc(CO)cc5)cc4c3C2)nc1. The Balaban J connectivity index is 1.46. The molecule has 4 aromatic rings. The van der Waals surface area contributed by atoms with Crippen molar-refractivity contribution in [1.82, 2.24) is 20.4 Å². The zero-order valence-corrected chi connectivity index (χ0v) is 16.7. The molecule has 8 heteroatoms. The second-order valence-corrected chi connectivity index (χ2v) is 7.58. The topological polar surface area (TPSA) is 114 Å². The van der Waals surface area contributed by atoms with Crippen molar-refractivity contribution in [2.75, 3.05) is 11.4 Å². The van der Waals surface area contributed by atoms with E-state index >= 15 is 0 Å². The van der Waals surface area contributed by atoms with E-state index in [-0.39, 0.29) is 12.2 Å². The number of carbonyl (C=O) groups is 1. The molecular formula is C23H21N5O3. The molecular weight excluding hydrogens is 394 g/mol. The molecule has 156 valence electrons. The number of H-pyrrole nitrogens is 1. The maximum Gasteiger partial charge on any atom is 0.277 e. The van der Waals surface area contributed by atoms with Crippen LogP contribution in [0.25, 0.3) is 22.0 Å². The smallest absolute Gasteiger partial charge is 0.277 e. The number of aromatic nitrogens is 3. The van der Waals surface area contributed by atoms with Crippen LogP contribution in [0.5, 0.6) is 0 Å². The van der Waals surface area contributed by atoms with Gasteiger partial charge in [0.15, 0.2) is 0 Å². The number of carbonyl (C=O) groups excluding carboxylic acids is 1. The van der Waals surface area contributed by atoms with Crippen molar-refractivity contribution in [1.29, 1.82) is 0 Å². The van der Waals surface area contributed by atoms with Crippen LogP contribution in [0, 0.1) is 0 Å². The van der Waals surface area contributed by atoms with Gasteiger partial charge in [0.1, 0.15) is 0 Å². The van der Waals surface area contributed by atoms with Crippen molar-refractivity contribution in [2.24, 2.45) is 0 Å². The fraction of sp³-hybridized carbons (Fsp3) is 0.174. The minimum atomic E-state index is -0.636. The summed E-state index contributed by atoms with van der Waals surface area (Å²) in [5.74, 6) is -0.0890. The van der Waals surface area contributed by atoms with Gasteiger partial charge in [0.05, 0.1) is 12.2 Å². The van der Waals surface area contributed by atoms with Crippen molar-refractivity contribution < 1.29 is 15.1 Å². The van der Waals surface area contributed by atoms with Crippen molar-refractivity contribution in [3.05, 3.63) is 77.2 Å². The molecule has 0 bridgehead atoms. The third-order valence-corrected chi connectivity index (χ3v) is 5.73. The highest BCUT2D eigenvalue weighted by Crippen LogP contribution is 2.32. The van der Waals surface area contributed by atoms with Crippen molar-refractivity contribution in [3.63, 3.8) is 0 Å². The van der Waals surface area contributed by atoms with Crippen molar-refractivity contribution in [2.45, 2.75) is 19.6 Å². The summed E-state index contributed by atoms with van der Waals surface area (Å²) in [6.07, 6.45) is 3.66. The van der Waals surface area contributed by atoms with Crippen LogP contribution in [0.1, 0.15) is 27.2 Å². The number of aromatic amines is 1. The summed E-state index contributed by atoms with van der Waals surface area (Å²) in [5, 5.41) is 19.2. The number of hydrogen-bond donors (Lipinski definition) is 4. The standard InChI is InChI=1S/C23H21N5O3/c29-13-14-1-3-15(4-2-14)16-5-6-20-18(9-16)19-12-28(8-7-21(19)26-20)23-24-10-17(11-25-23)22(30)27-31/h1-6,9-11,26,29,31H,7-8,12-13H2,(H,27,30). The fourth-order valence-electron chi connectivity index (χ4n) is 4.03. The molecule has 2 aromatic heterocycles. The number of amides is 1. The van der Waals surface area contributed by atoms with Crippen LogP contribution in [0.4, 0.5) is 5.95 Å². The van der Waals surface area contributed by atoms with E-state index in [0.29, 0.717) is 12.5 Å². The third-order valence-electron chi connectivity index (χ3n) is 5.73. The molecule has 1 aliphatic rings. The Morgan fingerprint density at radius 2 is 1.84 bits per heavy atom.